The first-order chi connectivity index (χ1) is 8.58. The van der Waals surface area contributed by atoms with E-state index in [1.54, 1.807) is 12.1 Å². The molecule has 4 heteroatoms. The van der Waals surface area contributed by atoms with Gasteiger partial charge in [-0.2, -0.15) is 0 Å². The molecule has 2 aromatic carbocycles. The summed E-state index contributed by atoms with van der Waals surface area (Å²) in [6.07, 6.45) is 0. The van der Waals surface area contributed by atoms with E-state index in [2.05, 4.69) is 15.9 Å². The van der Waals surface area contributed by atoms with E-state index in [1.807, 2.05) is 25.1 Å². The molecular formula is C14H13BrFNO. The predicted molar refractivity (Wildman–Crippen MR) is 74.0 cm³/mol. The molecule has 0 aliphatic rings. The number of nitrogens with two attached hydrogens (primary N) is 1. The molecule has 0 atom stereocenters. The molecule has 0 aromatic heterocycles. The van der Waals surface area contributed by atoms with Crippen molar-refractivity contribution in [3.63, 3.8) is 0 Å². The highest BCUT2D eigenvalue weighted by Gasteiger charge is 2.04. The number of ether oxygens (including phenoxy) is 1. The molecule has 0 unspecified atom stereocenters. The van der Waals surface area contributed by atoms with Crippen LogP contribution in [0.2, 0.25) is 0 Å². The Hall–Kier alpha value is -1.55. The molecule has 0 heterocycles. The molecule has 0 radical (unpaired) electrons. The van der Waals surface area contributed by atoms with Crippen LogP contribution in [0.25, 0.3) is 0 Å². The molecule has 2 N–H and O–H groups in total. The fourth-order valence-electron chi connectivity index (χ4n) is 1.59. The fourth-order valence-corrected chi connectivity index (χ4v) is 1.83. The van der Waals surface area contributed by atoms with Crippen LogP contribution in [0, 0.1) is 12.7 Å². The second-order valence-corrected chi connectivity index (χ2v) is 4.85. The lowest BCUT2D eigenvalue weighted by atomic mass is 10.1. The number of benzene rings is 2. The number of nitrogen functional groups attached to an aromatic ring is 1. The topological polar surface area (TPSA) is 35.2 Å². The van der Waals surface area contributed by atoms with E-state index in [4.69, 9.17) is 10.5 Å². The Morgan fingerprint density at radius 3 is 2.78 bits per heavy atom. The molecule has 0 saturated carbocycles. The van der Waals surface area contributed by atoms with Crippen LogP contribution in [0.5, 0.6) is 5.75 Å². The molecule has 0 spiro atoms. The third-order valence-corrected chi connectivity index (χ3v) is 3.42. The van der Waals surface area contributed by atoms with Crippen LogP contribution in [0.3, 0.4) is 0 Å². The van der Waals surface area contributed by atoms with Crippen molar-refractivity contribution in [2.75, 3.05) is 5.73 Å². The van der Waals surface area contributed by atoms with Crippen LogP contribution < -0.4 is 10.5 Å². The summed E-state index contributed by atoms with van der Waals surface area (Å²) in [7, 11) is 0. The van der Waals surface area contributed by atoms with Crippen molar-refractivity contribution in [2.24, 2.45) is 0 Å². The maximum atomic E-state index is 13.3. The van der Waals surface area contributed by atoms with Crippen molar-refractivity contribution >= 4 is 21.6 Å². The van der Waals surface area contributed by atoms with Gasteiger partial charge in [0.05, 0.1) is 4.47 Å². The summed E-state index contributed by atoms with van der Waals surface area (Å²) in [6.45, 7) is 2.31. The normalized spacial score (nSPS) is 10.4. The Morgan fingerprint density at radius 1 is 1.28 bits per heavy atom. The van der Waals surface area contributed by atoms with E-state index in [-0.39, 0.29) is 5.82 Å². The molecule has 0 fully saturated rings. The van der Waals surface area contributed by atoms with Gasteiger partial charge >= 0.3 is 0 Å². The number of anilines is 1. The van der Waals surface area contributed by atoms with Gasteiger partial charge in [0.15, 0.2) is 0 Å². The van der Waals surface area contributed by atoms with Gasteiger partial charge in [0.25, 0.3) is 0 Å². The van der Waals surface area contributed by atoms with Gasteiger partial charge in [0.2, 0.25) is 0 Å². The maximum Gasteiger partial charge on any atom is 0.141 e. The van der Waals surface area contributed by atoms with Crippen LogP contribution in [-0.2, 0) is 6.61 Å². The van der Waals surface area contributed by atoms with Gasteiger partial charge in [-0.1, -0.05) is 12.1 Å². The van der Waals surface area contributed by atoms with Crippen molar-refractivity contribution in [3.05, 3.63) is 57.8 Å². The van der Waals surface area contributed by atoms with Gasteiger partial charge in [0.1, 0.15) is 18.2 Å². The lowest BCUT2D eigenvalue weighted by Crippen LogP contribution is -2.00. The molecular weight excluding hydrogens is 297 g/mol. The number of hydrogen-bond acceptors (Lipinski definition) is 2. The third kappa shape index (κ3) is 2.82. The summed E-state index contributed by atoms with van der Waals surface area (Å²) in [4.78, 5) is 0. The van der Waals surface area contributed by atoms with Crippen LogP contribution >= 0.6 is 15.9 Å². The molecule has 2 aromatic rings. The van der Waals surface area contributed by atoms with E-state index in [0.29, 0.717) is 16.8 Å². The van der Waals surface area contributed by atoms with E-state index in [1.165, 1.54) is 6.07 Å². The quantitative estimate of drug-likeness (QED) is 0.868. The van der Waals surface area contributed by atoms with E-state index >= 15 is 0 Å². The lowest BCUT2D eigenvalue weighted by Gasteiger charge is -2.10. The third-order valence-electron chi connectivity index (χ3n) is 2.77. The highest BCUT2D eigenvalue weighted by atomic mass is 79.9. The molecule has 94 valence electrons. The first kappa shape index (κ1) is 12.9. The lowest BCUT2D eigenvalue weighted by molar-refractivity contribution is 0.304. The van der Waals surface area contributed by atoms with Crippen LogP contribution in [0.1, 0.15) is 11.1 Å². The van der Waals surface area contributed by atoms with E-state index < -0.39 is 0 Å². The summed E-state index contributed by atoms with van der Waals surface area (Å²) < 4.78 is 19.3. The number of rotatable bonds is 3. The van der Waals surface area contributed by atoms with E-state index in [0.717, 1.165) is 16.8 Å². The Kier molecular flexibility index (Phi) is 3.87. The van der Waals surface area contributed by atoms with Gasteiger partial charge in [-0.05, 0) is 52.2 Å². The van der Waals surface area contributed by atoms with Crippen molar-refractivity contribution in [1.82, 2.24) is 0 Å². The summed E-state index contributed by atoms with van der Waals surface area (Å²) in [5, 5.41) is 0. The summed E-state index contributed by atoms with van der Waals surface area (Å²) in [5.74, 6) is 0.161. The molecule has 2 rings (SSSR count). The zero-order valence-corrected chi connectivity index (χ0v) is 11.5. The molecule has 0 aliphatic heterocycles. The zero-order chi connectivity index (χ0) is 13.1. The van der Waals surface area contributed by atoms with Crippen LogP contribution in [-0.4, -0.2) is 0 Å². The highest BCUT2D eigenvalue weighted by Crippen LogP contribution is 2.23. The van der Waals surface area contributed by atoms with Crippen LogP contribution in [0.4, 0.5) is 10.1 Å². The minimum absolute atomic E-state index is 0.336. The Balaban J connectivity index is 2.11. The Bertz CT molecular complexity index is 572. The number of halogens is 2. The minimum atomic E-state index is -0.336. The molecule has 0 bridgehead atoms. The molecule has 0 saturated heterocycles. The highest BCUT2D eigenvalue weighted by molar-refractivity contribution is 9.10. The van der Waals surface area contributed by atoms with Crippen molar-refractivity contribution < 1.29 is 9.13 Å². The molecule has 18 heavy (non-hydrogen) atoms. The van der Waals surface area contributed by atoms with Crippen molar-refractivity contribution in [2.45, 2.75) is 13.5 Å². The van der Waals surface area contributed by atoms with Crippen LogP contribution in [0.15, 0.2) is 40.9 Å². The smallest absolute Gasteiger partial charge is 0.141 e. The predicted octanol–water partition coefficient (Wildman–Crippen LogP) is 4.06. The van der Waals surface area contributed by atoms with Gasteiger partial charge in [-0.25, -0.2) is 4.39 Å². The van der Waals surface area contributed by atoms with E-state index in [9.17, 15) is 4.39 Å². The Morgan fingerprint density at radius 2 is 2.06 bits per heavy atom. The second-order valence-electron chi connectivity index (χ2n) is 4.00. The maximum absolute atomic E-state index is 13.3. The SMILES string of the molecule is Cc1c(N)cccc1COc1ccc(Br)c(F)c1. The van der Waals surface area contributed by atoms with Gasteiger partial charge in [-0.15, -0.1) is 0 Å². The first-order valence-corrected chi connectivity index (χ1v) is 6.29. The second kappa shape index (κ2) is 5.40. The Labute approximate surface area is 114 Å². The molecule has 0 amide bonds. The summed E-state index contributed by atoms with van der Waals surface area (Å²) >= 11 is 3.10. The van der Waals surface area contributed by atoms with Gasteiger partial charge < -0.3 is 10.5 Å². The standard InChI is InChI=1S/C14H13BrFNO/c1-9-10(3-2-4-14(9)17)8-18-11-5-6-12(15)13(16)7-11/h2-7H,8,17H2,1H3. The van der Waals surface area contributed by atoms with Gasteiger partial charge in [-0.3, -0.25) is 0 Å². The summed E-state index contributed by atoms with van der Waals surface area (Å²) in [5.41, 5.74) is 8.54. The van der Waals surface area contributed by atoms with Crippen molar-refractivity contribution in [3.8, 4) is 5.75 Å². The summed E-state index contributed by atoms with van der Waals surface area (Å²) in [6, 6.07) is 10.4. The monoisotopic (exact) mass is 309 g/mol. The molecule has 2 nitrogen and oxygen atoms in total. The zero-order valence-electron chi connectivity index (χ0n) is 9.91. The first-order valence-electron chi connectivity index (χ1n) is 5.50. The number of hydrogen-bond donors (Lipinski definition) is 1. The minimum Gasteiger partial charge on any atom is -0.489 e. The average Bonchev–Trinajstić information content (AvgIpc) is 2.35. The average molecular weight is 310 g/mol. The van der Waals surface area contributed by atoms with Gasteiger partial charge in [0, 0.05) is 11.8 Å². The molecule has 0 aliphatic carbocycles. The van der Waals surface area contributed by atoms with Crippen molar-refractivity contribution in [1.29, 1.82) is 0 Å². The largest absolute Gasteiger partial charge is 0.489 e. The fraction of sp³-hybridized carbons (Fsp3) is 0.143.